The predicted molar refractivity (Wildman–Crippen MR) is 12.2 cm³/mol. The lowest BCUT2D eigenvalue weighted by Crippen LogP contribution is -1.81. The second kappa shape index (κ2) is 9.47. The fraction of sp³-hybridized carbons (Fsp3) is 0. The standard InChI is InChI=1S/N2.HNO3/c1-2;2-1(3)4/h;(H,2,3,4). The maximum atomic E-state index is 8.36. The highest BCUT2D eigenvalue weighted by Gasteiger charge is 1.65. The van der Waals surface area contributed by atoms with E-state index in [0.29, 0.717) is 0 Å². The molecule has 0 aromatic rings. The first kappa shape index (κ1) is 8.82. The Bertz CT molecular complexity index is 50.3. The Morgan fingerprint density at radius 3 is 1.67 bits per heavy atom. The molecule has 0 aliphatic carbocycles. The second-order valence-electron chi connectivity index (χ2n) is 0.238. The van der Waals surface area contributed by atoms with Crippen molar-refractivity contribution in [3.8, 4) is 0 Å². The molecular weight excluding hydrogens is 90.0 g/mol. The van der Waals surface area contributed by atoms with Gasteiger partial charge >= 0.3 is 0 Å². The minimum atomic E-state index is -1.50. The predicted octanol–water partition coefficient (Wildman–Crippen LogP) is -0.318. The van der Waals surface area contributed by atoms with Gasteiger partial charge in [-0.1, -0.05) is 0 Å². The lowest BCUT2D eigenvalue weighted by atomic mass is 13.1. The number of nitrogens with zero attached hydrogens (tertiary/aromatic N) is 3. The van der Waals surface area contributed by atoms with Crippen molar-refractivity contribution in [1.29, 1.82) is 10.8 Å². The summed E-state index contributed by atoms with van der Waals surface area (Å²) in [6.07, 6.45) is 0. The van der Waals surface area contributed by atoms with E-state index in [0.717, 1.165) is 0 Å². The summed E-state index contributed by atoms with van der Waals surface area (Å²) >= 11 is 0. The topological polar surface area (TPSA) is 111 Å². The molecule has 0 saturated heterocycles. The fourth-order valence-electron chi connectivity index (χ4n) is 0. The molecule has 0 atom stereocenters. The lowest BCUT2D eigenvalue weighted by Gasteiger charge is -1.56. The van der Waals surface area contributed by atoms with Crippen molar-refractivity contribution < 1.29 is 10.3 Å². The van der Waals surface area contributed by atoms with Crippen molar-refractivity contribution in [2.24, 2.45) is 0 Å². The first-order chi connectivity index (χ1) is 2.73. The summed E-state index contributed by atoms with van der Waals surface area (Å²) in [6.45, 7) is 0. The summed E-state index contributed by atoms with van der Waals surface area (Å²) in [5, 5.41) is 25.6. The van der Waals surface area contributed by atoms with Crippen LogP contribution < -0.4 is 0 Å². The minimum absolute atomic E-state index is 1.50. The van der Waals surface area contributed by atoms with Crippen LogP contribution >= 0.6 is 0 Å². The van der Waals surface area contributed by atoms with Gasteiger partial charge in [-0.05, 0) is 0 Å². The highest BCUT2D eigenvalue weighted by Crippen LogP contribution is 1.38. The van der Waals surface area contributed by atoms with Gasteiger partial charge < -0.3 is 5.21 Å². The minimum Gasteiger partial charge on any atom is -0.328 e. The third-order valence-corrected chi connectivity index (χ3v) is 0. The molecule has 0 radical (unpaired) electrons. The quantitative estimate of drug-likeness (QED) is 0.249. The van der Waals surface area contributed by atoms with Gasteiger partial charge in [0.2, 0.25) is 0 Å². The molecule has 6 heavy (non-hydrogen) atoms. The summed E-state index contributed by atoms with van der Waals surface area (Å²) in [5.41, 5.74) is 0. The Hall–Kier alpha value is -1.38. The van der Waals surface area contributed by atoms with Crippen LogP contribution in [0.2, 0.25) is 0 Å². The Labute approximate surface area is 32.5 Å². The SMILES string of the molecule is N#N.O=[N+]([O-])O. The van der Waals surface area contributed by atoms with E-state index in [1.165, 1.54) is 0 Å². The van der Waals surface area contributed by atoms with Crippen molar-refractivity contribution >= 4 is 0 Å². The average molecular weight is 91.0 g/mol. The molecule has 1 N–H and O–H groups in total. The monoisotopic (exact) mass is 91.0 g/mol. The number of hydrogen-bond acceptors (Lipinski definition) is 4. The van der Waals surface area contributed by atoms with E-state index in [9.17, 15) is 0 Å². The summed E-state index contributed by atoms with van der Waals surface area (Å²) in [5.74, 6) is 0. The zero-order valence-electron chi connectivity index (χ0n) is 2.61. The zero-order valence-corrected chi connectivity index (χ0v) is 2.61. The molecule has 0 heterocycles. The molecule has 0 amide bonds. The Morgan fingerprint density at radius 1 is 1.67 bits per heavy atom. The average Bonchev–Trinajstić information content (AvgIpc) is 1.41. The third kappa shape index (κ3) is 3.61. The first-order valence-corrected chi connectivity index (χ1v) is 0.765. The van der Waals surface area contributed by atoms with Gasteiger partial charge in [0, 0.05) is 10.8 Å². The molecule has 0 aliphatic heterocycles. The van der Waals surface area contributed by atoms with Crippen LogP contribution in [0.25, 0.3) is 0 Å². The van der Waals surface area contributed by atoms with Crippen molar-refractivity contribution in [2.45, 2.75) is 0 Å². The molecular formula is HN3O3. The first-order valence-electron chi connectivity index (χ1n) is 0.765. The normalized spacial score (nSPS) is 4.33. The van der Waals surface area contributed by atoms with Crippen LogP contribution in [0, 0.1) is 20.9 Å². The van der Waals surface area contributed by atoms with Crippen LogP contribution in [0.15, 0.2) is 0 Å². The van der Waals surface area contributed by atoms with Crippen LogP contribution in [-0.4, -0.2) is 10.3 Å². The van der Waals surface area contributed by atoms with Gasteiger partial charge in [0.05, 0.1) is 0 Å². The Morgan fingerprint density at radius 2 is 1.67 bits per heavy atom. The van der Waals surface area contributed by atoms with E-state index < -0.39 is 5.09 Å². The van der Waals surface area contributed by atoms with Gasteiger partial charge in [-0.25, -0.2) is 0 Å². The summed E-state index contributed by atoms with van der Waals surface area (Å²) in [7, 11) is 0. The molecule has 0 bridgehead atoms. The van der Waals surface area contributed by atoms with Crippen LogP contribution in [-0.2, 0) is 0 Å². The molecule has 0 saturated carbocycles. The van der Waals surface area contributed by atoms with Gasteiger partial charge in [-0.3, -0.25) is 0 Å². The van der Waals surface area contributed by atoms with Crippen LogP contribution in [0.5, 0.6) is 0 Å². The van der Waals surface area contributed by atoms with Gasteiger partial charge in [0.15, 0.2) is 0 Å². The Kier molecular flexibility index (Phi) is 13.9. The van der Waals surface area contributed by atoms with Gasteiger partial charge in [0.25, 0.3) is 5.09 Å². The maximum absolute atomic E-state index is 8.36. The van der Waals surface area contributed by atoms with Gasteiger partial charge in [-0.15, -0.1) is 10.1 Å². The molecule has 34 valence electrons. The second-order valence-corrected chi connectivity index (χ2v) is 0.238. The molecule has 0 fully saturated rings. The third-order valence-electron chi connectivity index (χ3n) is 0. The van der Waals surface area contributed by atoms with Crippen molar-refractivity contribution in [3.05, 3.63) is 10.1 Å². The molecule has 0 rings (SSSR count). The van der Waals surface area contributed by atoms with Crippen LogP contribution in [0.4, 0.5) is 0 Å². The summed E-state index contributed by atoms with van der Waals surface area (Å²) in [4.78, 5) is 8.36. The number of hydrogen-bond donors (Lipinski definition) is 1. The molecule has 0 unspecified atom stereocenters. The van der Waals surface area contributed by atoms with Gasteiger partial charge in [0.1, 0.15) is 0 Å². The van der Waals surface area contributed by atoms with E-state index in [1.807, 2.05) is 0 Å². The lowest BCUT2D eigenvalue weighted by molar-refractivity contribution is -0.742. The van der Waals surface area contributed by atoms with E-state index in [2.05, 4.69) is 0 Å². The van der Waals surface area contributed by atoms with Crippen molar-refractivity contribution in [2.75, 3.05) is 0 Å². The maximum Gasteiger partial charge on any atom is 0.291 e. The van der Waals surface area contributed by atoms with Crippen molar-refractivity contribution in [1.82, 2.24) is 0 Å². The highest BCUT2D eigenvalue weighted by molar-refractivity contribution is 3.83. The smallest absolute Gasteiger partial charge is 0.291 e. The molecule has 0 aliphatic rings. The molecule has 6 nitrogen and oxygen atoms in total. The van der Waals surface area contributed by atoms with E-state index in [-0.39, 0.29) is 0 Å². The largest absolute Gasteiger partial charge is 0.328 e. The van der Waals surface area contributed by atoms with Crippen molar-refractivity contribution in [3.63, 3.8) is 0 Å². The highest BCUT2D eigenvalue weighted by atomic mass is 16.9. The summed E-state index contributed by atoms with van der Waals surface area (Å²) in [6, 6.07) is 0. The van der Waals surface area contributed by atoms with E-state index in [4.69, 9.17) is 26.1 Å². The molecule has 0 spiro atoms. The molecule has 6 heteroatoms. The fourth-order valence-corrected chi connectivity index (χ4v) is 0. The zero-order chi connectivity index (χ0) is 5.58. The van der Waals surface area contributed by atoms with Gasteiger partial charge in [-0.2, -0.15) is 0 Å². The summed E-state index contributed by atoms with van der Waals surface area (Å²) < 4.78 is 0. The van der Waals surface area contributed by atoms with Crippen LogP contribution in [0.3, 0.4) is 0 Å². The Balaban J connectivity index is 0. The molecule has 0 aromatic carbocycles. The van der Waals surface area contributed by atoms with E-state index in [1.54, 1.807) is 0 Å². The number of rotatable bonds is 0. The van der Waals surface area contributed by atoms with Crippen LogP contribution in [0.1, 0.15) is 0 Å². The molecule has 0 aromatic heterocycles. The van der Waals surface area contributed by atoms with E-state index >= 15 is 0 Å².